The fourth-order valence-corrected chi connectivity index (χ4v) is 3.98. The zero-order valence-electron chi connectivity index (χ0n) is 15.5. The summed E-state index contributed by atoms with van der Waals surface area (Å²) in [6.07, 6.45) is -2.43. The number of rotatable bonds is 4. The largest absolute Gasteiger partial charge is 0.416 e. The van der Waals surface area contributed by atoms with Crippen LogP contribution in [0.3, 0.4) is 0 Å². The van der Waals surface area contributed by atoms with Gasteiger partial charge in [-0.15, -0.1) is 0 Å². The number of alkyl halides is 3. The van der Waals surface area contributed by atoms with Gasteiger partial charge < -0.3 is 10.2 Å². The summed E-state index contributed by atoms with van der Waals surface area (Å²) in [6.45, 7) is 0.530. The molecule has 4 nitrogen and oxygen atoms in total. The summed E-state index contributed by atoms with van der Waals surface area (Å²) in [5.74, 6) is -0.589. The molecule has 1 fully saturated rings. The summed E-state index contributed by atoms with van der Waals surface area (Å²) < 4.78 is 39.7. The standard InChI is InChI=1S/C21H20F3IN2O2/c22-21(23,24)15-7-5-6-14(12-15)13-27-11-4-3-10-18(20(27)29)26-19(28)16-8-1-2-9-17(16)25/h1-2,5-9,12,18H,3-4,10-11,13H2,(H,26,28). The van der Waals surface area contributed by atoms with Crippen LogP contribution in [0.15, 0.2) is 48.5 Å². The second-order valence-electron chi connectivity index (χ2n) is 6.96. The zero-order valence-corrected chi connectivity index (χ0v) is 17.7. The number of amides is 2. The number of nitrogens with zero attached hydrogens (tertiary/aromatic N) is 1. The number of nitrogens with one attached hydrogen (secondary N) is 1. The average molecular weight is 516 g/mol. The molecule has 2 aromatic rings. The van der Waals surface area contributed by atoms with E-state index < -0.39 is 17.8 Å². The lowest BCUT2D eigenvalue weighted by molar-refractivity contribution is -0.137. The molecule has 1 aliphatic heterocycles. The molecular weight excluding hydrogens is 496 g/mol. The monoisotopic (exact) mass is 516 g/mol. The molecule has 0 bridgehead atoms. The first-order chi connectivity index (χ1) is 13.8. The number of halogens is 4. The van der Waals surface area contributed by atoms with Gasteiger partial charge in [-0.1, -0.05) is 24.3 Å². The lowest BCUT2D eigenvalue weighted by atomic mass is 10.1. The molecule has 2 amide bonds. The van der Waals surface area contributed by atoms with Gasteiger partial charge in [0, 0.05) is 16.7 Å². The molecule has 8 heteroatoms. The number of benzene rings is 2. The van der Waals surface area contributed by atoms with Gasteiger partial charge in [-0.3, -0.25) is 9.59 Å². The Bertz CT molecular complexity index is 901. The van der Waals surface area contributed by atoms with Crippen LogP contribution in [0.1, 0.15) is 40.7 Å². The van der Waals surface area contributed by atoms with Crippen molar-refractivity contribution in [2.75, 3.05) is 6.54 Å². The summed E-state index contributed by atoms with van der Waals surface area (Å²) in [5.41, 5.74) is 0.174. The van der Waals surface area contributed by atoms with Crippen molar-refractivity contribution in [3.05, 3.63) is 68.8 Å². The van der Waals surface area contributed by atoms with E-state index in [2.05, 4.69) is 27.9 Å². The van der Waals surface area contributed by atoms with Gasteiger partial charge in [0.2, 0.25) is 5.91 Å². The van der Waals surface area contributed by atoms with Crippen LogP contribution < -0.4 is 5.32 Å². The van der Waals surface area contributed by atoms with Gasteiger partial charge >= 0.3 is 6.18 Å². The number of carbonyl (C=O) groups is 2. The molecule has 1 aliphatic rings. The molecule has 0 aromatic heterocycles. The Kier molecular flexibility index (Phi) is 6.81. The van der Waals surface area contributed by atoms with E-state index in [1.54, 1.807) is 18.2 Å². The van der Waals surface area contributed by atoms with Gasteiger partial charge in [0.05, 0.1) is 11.1 Å². The van der Waals surface area contributed by atoms with Gasteiger partial charge in [0.15, 0.2) is 0 Å². The first-order valence-corrected chi connectivity index (χ1v) is 10.3. The van der Waals surface area contributed by atoms with Crippen LogP contribution in [0.5, 0.6) is 0 Å². The van der Waals surface area contributed by atoms with Crippen molar-refractivity contribution < 1.29 is 22.8 Å². The van der Waals surface area contributed by atoms with Gasteiger partial charge in [-0.2, -0.15) is 13.2 Å². The molecule has 1 N–H and O–H groups in total. The summed E-state index contributed by atoms with van der Waals surface area (Å²) in [4.78, 5) is 27.1. The Hall–Kier alpha value is -2.10. The fourth-order valence-electron chi connectivity index (χ4n) is 3.34. The Balaban J connectivity index is 1.73. The highest BCUT2D eigenvalue weighted by Crippen LogP contribution is 2.30. The van der Waals surface area contributed by atoms with Crippen molar-refractivity contribution >= 4 is 34.4 Å². The fraction of sp³-hybridized carbons (Fsp3) is 0.333. The number of hydrogen-bond donors (Lipinski definition) is 1. The van der Waals surface area contributed by atoms with Crippen LogP contribution in [-0.2, 0) is 17.5 Å². The quantitative estimate of drug-likeness (QED) is 0.604. The van der Waals surface area contributed by atoms with E-state index in [9.17, 15) is 22.8 Å². The third-order valence-corrected chi connectivity index (χ3v) is 5.77. The smallest absolute Gasteiger partial charge is 0.340 e. The maximum absolute atomic E-state index is 13.0. The molecule has 1 atom stereocenters. The van der Waals surface area contributed by atoms with E-state index in [1.165, 1.54) is 11.0 Å². The number of carbonyl (C=O) groups excluding carboxylic acids is 2. The third kappa shape index (κ3) is 5.49. The van der Waals surface area contributed by atoms with Crippen LogP contribution in [0, 0.1) is 3.57 Å². The lowest BCUT2D eigenvalue weighted by Crippen LogP contribution is -2.47. The van der Waals surface area contributed by atoms with Crippen LogP contribution in [0.4, 0.5) is 13.2 Å². The van der Waals surface area contributed by atoms with Crippen molar-refractivity contribution in [1.82, 2.24) is 10.2 Å². The summed E-state index contributed by atoms with van der Waals surface area (Å²) in [5, 5.41) is 2.80. The maximum atomic E-state index is 13.0. The van der Waals surface area contributed by atoms with E-state index >= 15 is 0 Å². The maximum Gasteiger partial charge on any atom is 0.416 e. The Morgan fingerprint density at radius 3 is 2.62 bits per heavy atom. The van der Waals surface area contributed by atoms with Crippen LogP contribution in [0.25, 0.3) is 0 Å². The predicted molar refractivity (Wildman–Crippen MR) is 111 cm³/mol. The molecule has 1 saturated heterocycles. The molecule has 3 rings (SSSR count). The molecular formula is C21H20F3IN2O2. The van der Waals surface area contributed by atoms with E-state index in [0.29, 0.717) is 24.1 Å². The molecule has 1 unspecified atom stereocenters. The van der Waals surface area contributed by atoms with E-state index in [1.807, 2.05) is 12.1 Å². The van der Waals surface area contributed by atoms with Crippen molar-refractivity contribution in [3.8, 4) is 0 Å². The van der Waals surface area contributed by atoms with Gasteiger partial charge in [-0.25, -0.2) is 0 Å². The van der Waals surface area contributed by atoms with Crippen LogP contribution >= 0.6 is 22.6 Å². The molecule has 0 spiro atoms. The normalized spacial score (nSPS) is 17.7. The van der Waals surface area contributed by atoms with Crippen molar-refractivity contribution in [2.24, 2.45) is 0 Å². The van der Waals surface area contributed by atoms with Gasteiger partial charge in [0.1, 0.15) is 6.04 Å². The topological polar surface area (TPSA) is 49.4 Å². The molecule has 154 valence electrons. The highest BCUT2D eigenvalue weighted by atomic mass is 127. The summed E-state index contributed by atoms with van der Waals surface area (Å²) >= 11 is 2.06. The van der Waals surface area contributed by atoms with E-state index in [-0.39, 0.29) is 18.4 Å². The summed E-state index contributed by atoms with van der Waals surface area (Å²) in [7, 11) is 0. The predicted octanol–water partition coefficient (Wildman–Crippen LogP) is 4.62. The summed E-state index contributed by atoms with van der Waals surface area (Å²) in [6, 6.07) is 11.4. The van der Waals surface area contributed by atoms with E-state index in [0.717, 1.165) is 28.5 Å². The zero-order chi connectivity index (χ0) is 21.0. The molecule has 29 heavy (non-hydrogen) atoms. The Morgan fingerprint density at radius 1 is 1.14 bits per heavy atom. The van der Waals surface area contributed by atoms with Crippen molar-refractivity contribution in [1.29, 1.82) is 0 Å². The highest BCUT2D eigenvalue weighted by Gasteiger charge is 2.32. The van der Waals surface area contributed by atoms with Crippen LogP contribution in [0.2, 0.25) is 0 Å². The first-order valence-electron chi connectivity index (χ1n) is 9.26. The second-order valence-corrected chi connectivity index (χ2v) is 8.12. The van der Waals surface area contributed by atoms with Gasteiger partial charge in [0.25, 0.3) is 5.91 Å². The average Bonchev–Trinajstić information content (AvgIpc) is 2.84. The molecule has 1 heterocycles. The second kappa shape index (κ2) is 9.15. The van der Waals surface area contributed by atoms with E-state index in [4.69, 9.17) is 0 Å². The minimum atomic E-state index is -4.43. The van der Waals surface area contributed by atoms with Gasteiger partial charge in [-0.05, 0) is 71.7 Å². The first kappa shape index (κ1) is 21.6. The minimum absolute atomic E-state index is 0.0813. The molecule has 0 saturated carbocycles. The SMILES string of the molecule is O=C(NC1CCCCN(Cc2cccc(C(F)(F)F)c2)C1=O)c1ccccc1I. The van der Waals surface area contributed by atoms with Crippen molar-refractivity contribution in [3.63, 3.8) is 0 Å². The lowest BCUT2D eigenvalue weighted by Gasteiger charge is -2.25. The Morgan fingerprint density at radius 2 is 1.90 bits per heavy atom. The number of hydrogen-bond acceptors (Lipinski definition) is 2. The highest BCUT2D eigenvalue weighted by molar-refractivity contribution is 14.1. The van der Waals surface area contributed by atoms with Crippen LogP contribution in [-0.4, -0.2) is 29.3 Å². The third-order valence-electron chi connectivity index (χ3n) is 4.83. The molecule has 0 aliphatic carbocycles. The molecule has 2 aromatic carbocycles. The van der Waals surface area contributed by atoms with Crippen molar-refractivity contribution in [2.45, 2.75) is 38.0 Å². The molecule has 0 radical (unpaired) electrons. The Labute approximate surface area is 180 Å². The minimum Gasteiger partial charge on any atom is -0.340 e. The number of likely N-dealkylation sites (tertiary alicyclic amines) is 1.